The van der Waals surface area contributed by atoms with E-state index >= 15 is 0 Å². The normalized spacial score (nSPS) is 10.9. The van der Waals surface area contributed by atoms with Gasteiger partial charge in [0.2, 0.25) is 0 Å². The number of H-pyrrole nitrogens is 1. The highest BCUT2D eigenvalue weighted by atomic mass is 35.5. The molecule has 0 radical (unpaired) electrons. The average Bonchev–Trinajstić information content (AvgIpc) is 2.83. The maximum absolute atomic E-state index is 12.6. The molecule has 0 fully saturated rings. The van der Waals surface area contributed by atoms with Crippen molar-refractivity contribution in [2.24, 2.45) is 0 Å². The van der Waals surface area contributed by atoms with E-state index in [9.17, 15) is 4.79 Å². The second-order valence-corrected chi connectivity index (χ2v) is 5.55. The Morgan fingerprint density at radius 1 is 1.05 bits per heavy atom. The molecule has 0 spiro atoms. The van der Waals surface area contributed by atoms with Gasteiger partial charge in [0.25, 0.3) is 0 Å². The SMILES string of the molecule is Cc1ccc2[nH]cc(C(=O)c3cc(Cl)ccc3Cl)c2c1. The molecule has 0 unspecified atom stereocenters. The van der Waals surface area contributed by atoms with Crippen LogP contribution in [-0.2, 0) is 0 Å². The number of carbonyl (C=O) groups is 1. The minimum atomic E-state index is -0.130. The maximum Gasteiger partial charge on any atom is 0.196 e. The number of nitrogens with one attached hydrogen (secondary N) is 1. The Kier molecular flexibility index (Phi) is 3.28. The molecule has 0 aliphatic rings. The van der Waals surface area contributed by atoms with Crippen LogP contribution in [0.5, 0.6) is 0 Å². The minimum absolute atomic E-state index is 0.130. The van der Waals surface area contributed by atoms with Crippen LogP contribution in [0.25, 0.3) is 10.9 Å². The van der Waals surface area contributed by atoms with Crippen molar-refractivity contribution in [2.75, 3.05) is 0 Å². The lowest BCUT2D eigenvalue weighted by Gasteiger charge is -2.04. The summed E-state index contributed by atoms with van der Waals surface area (Å²) in [5.74, 6) is -0.130. The number of benzene rings is 2. The van der Waals surface area contributed by atoms with Crippen LogP contribution in [0.15, 0.2) is 42.6 Å². The van der Waals surface area contributed by atoms with Crippen molar-refractivity contribution in [3.8, 4) is 0 Å². The summed E-state index contributed by atoms with van der Waals surface area (Å²) in [4.78, 5) is 15.7. The Hall–Kier alpha value is -1.77. The van der Waals surface area contributed by atoms with Crippen molar-refractivity contribution in [2.45, 2.75) is 6.92 Å². The first-order valence-corrected chi connectivity index (χ1v) is 6.89. The molecule has 0 saturated carbocycles. The number of hydrogen-bond donors (Lipinski definition) is 1. The molecule has 0 aliphatic carbocycles. The lowest BCUT2D eigenvalue weighted by atomic mass is 10.0. The second kappa shape index (κ2) is 4.97. The number of aromatic nitrogens is 1. The van der Waals surface area contributed by atoms with Crippen molar-refractivity contribution in [1.29, 1.82) is 0 Å². The number of halogens is 2. The van der Waals surface area contributed by atoms with Crippen molar-refractivity contribution in [3.05, 3.63) is 69.3 Å². The molecule has 100 valence electrons. The van der Waals surface area contributed by atoms with Crippen LogP contribution < -0.4 is 0 Å². The maximum atomic E-state index is 12.6. The van der Waals surface area contributed by atoms with Gasteiger partial charge in [0, 0.05) is 33.2 Å². The molecule has 2 nitrogen and oxygen atoms in total. The van der Waals surface area contributed by atoms with Gasteiger partial charge in [-0.2, -0.15) is 0 Å². The van der Waals surface area contributed by atoms with E-state index in [1.807, 2.05) is 25.1 Å². The zero-order valence-electron chi connectivity index (χ0n) is 10.7. The first kappa shape index (κ1) is 13.2. The third-order valence-corrected chi connectivity index (χ3v) is 3.82. The van der Waals surface area contributed by atoms with Crippen LogP contribution in [0, 0.1) is 6.92 Å². The number of aryl methyl sites for hydroxylation is 1. The van der Waals surface area contributed by atoms with Gasteiger partial charge in [-0.25, -0.2) is 0 Å². The molecule has 2 aromatic carbocycles. The van der Waals surface area contributed by atoms with Crippen molar-refractivity contribution in [1.82, 2.24) is 4.98 Å². The summed E-state index contributed by atoms with van der Waals surface area (Å²) in [7, 11) is 0. The molecule has 3 aromatic rings. The summed E-state index contributed by atoms with van der Waals surface area (Å²) in [6.45, 7) is 1.99. The third kappa shape index (κ3) is 2.21. The van der Waals surface area contributed by atoms with E-state index in [2.05, 4.69) is 4.98 Å². The average molecular weight is 304 g/mol. The fourth-order valence-electron chi connectivity index (χ4n) is 2.24. The quantitative estimate of drug-likeness (QED) is 0.663. The predicted octanol–water partition coefficient (Wildman–Crippen LogP) is 5.01. The minimum Gasteiger partial charge on any atom is -0.360 e. The fraction of sp³-hybridized carbons (Fsp3) is 0.0625. The van der Waals surface area contributed by atoms with Gasteiger partial charge < -0.3 is 4.98 Å². The van der Waals surface area contributed by atoms with Crippen LogP contribution in [0.1, 0.15) is 21.5 Å². The molecule has 4 heteroatoms. The van der Waals surface area contributed by atoms with Crippen molar-refractivity contribution in [3.63, 3.8) is 0 Å². The zero-order valence-corrected chi connectivity index (χ0v) is 12.2. The van der Waals surface area contributed by atoms with Gasteiger partial charge in [0.15, 0.2) is 5.78 Å². The van der Waals surface area contributed by atoms with Gasteiger partial charge in [-0.05, 0) is 37.3 Å². The van der Waals surface area contributed by atoms with Gasteiger partial charge in [0.05, 0.1) is 5.02 Å². The summed E-state index contributed by atoms with van der Waals surface area (Å²) in [6.07, 6.45) is 1.71. The third-order valence-electron chi connectivity index (χ3n) is 3.25. The molecular weight excluding hydrogens is 293 g/mol. The summed E-state index contributed by atoms with van der Waals surface area (Å²) in [5, 5.41) is 1.79. The first-order valence-electron chi connectivity index (χ1n) is 6.14. The molecule has 3 rings (SSSR count). The molecule has 1 heterocycles. The Morgan fingerprint density at radius 2 is 1.85 bits per heavy atom. The highest BCUT2D eigenvalue weighted by Gasteiger charge is 2.17. The Bertz CT molecular complexity index is 820. The van der Waals surface area contributed by atoms with E-state index < -0.39 is 0 Å². The highest BCUT2D eigenvalue weighted by Crippen LogP contribution is 2.27. The van der Waals surface area contributed by atoms with E-state index in [-0.39, 0.29) is 5.78 Å². The number of ketones is 1. The van der Waals surface area contributed by atoms with Crippen LogP contribution in [0.3, 0.4) is 0 Å². The van der Waals surface area contributed by atoms with Gasteiger partial charge in [0.1, 0.15) is 0 Å². The summed E-state index contributed by atoms with van der Waals surface area (Å²) < 4.78 is 0. The summed E-state index contributed by atoms with van der Waals surface area (Å²) >= 11 is 12.0. The lowest BCUT2D eigenvalue weighted by Crippen LogP contribution is -2.01. The van der Waals surface area contributed by atoms with Crippen molar-refractivity contribution < 1.29 is 4.79 Å². The standard InChI is InChI=1S/C16H11Cl2NO/c1-9-2-5-15-11(6-9)13(8-19-15)16(20)12-7-10(17)3-4-14(12)18/h2-8,19H,1H3. The molecular formula is C16H11Cl2NO. The van der Waals surface area contributed by atoms with Crippen LogP contribution >= 0.6 is 23.2 Å². The van der Waals surface area contributed by atoms with E-state index in [1.165, 1.54) is 0 Å². The largest absolute Gasteiger partial charge is 0.360 e. The van der Waals surface area contributed by atoms with E-state index in [4.69, 9.17) is 23.2 Å². The topological polar surface area (TPSA) is 32.9 Å². The van der Waals surface area contributed by atoms with Gasteiger partial charge >= 0.3 is 0 Å². The zero-order chi connectivity index (χ0) is 14.3. The smallest absolute Gasteiger partial charge is 0.196 e. The van der Waals surface area contributed by atoms with E-state index in [0.717, 1.165) is 16.5 Å². The molecule has 0 saturated heterocycles. The van der Waals surface area contributed by atoms with Crippen molar-refractivity contribution >= 4 is 39.9 Å². The molecule has 1 N–H and O–H groups in total. The highest BCUT2D eigenvalue weighted by molar-refractivity contribution is 6.37. The van der Waals surface area contributed by atoms with Crippen LogP contribution in [-0.4, -0.2) is 10.8 Å². The molecule has 0 bridgehead atoms. The van der Waals surface area contributed by atoms with E-state index in [1.54, 1.807) is 24.4 Å². The summed E-state index contributed by atoms with van der Waals surface area (Å²) in [5.41, 5.74) is 3.05. The second-order valence-electron chi connectivity index (χ2n) is 4.70. The lowest BCUT2D eigenvalue weighted by molar-refractivity contribution is 0.104. The molecule has 20 heavy (non-hydrogen) atoms. The van der Waals surface area contributed by atoms with Gasteiger partial charge in [-0.3, -0.25) is 4.79 Å². The number of carbonyl (C=O) groups excluding carboxylic acids is 1. The van der Waals surface area contributed by atoms with Gasteiger partial charge in [-0.15, -0.1) is 0 Å². The van der Waals surface area contributed by atoms with E-state index in [0.29, 0.717) is 21.2 Å². The molecule has 0 aliphatic heterocycles. The number of rotatable bonds is 2. The molecule has 0 atom stereocenters. The predicted molar refractivity (Wildman–Crippen MR) is 82.9 cm³/mol. The number of hydrogen-bond acceptors (Lipinski definition) is 1. The monoisotopic (exact) mass is 303 g/mol. The van der Waals surface area contributed by atoms with Crippen LogP contribution in [0.4, 0.5) is 0 Å². The molecule has 0 amide bonds. The number of aromatic amines is 1. The van der Waals surface area contributed by atoms with Crippen LogP contribution in [0.2, 0.25) is 10.0 Å². The fourth-order valence-corrected chi connectivity index (χ4v) is 2.61. The Balaban J connectivity index is 2.17. The van der Waals surface area contributed by atoms with Gasteiger partial charge in [-0.1, -0.05) is 34.8 Å². The Morgan fingerprint density at radius 3 is 2.65 bits per heavy atom. The molecule has 1 aromatic heterocycles. The first-order chi connectivity index (χ1) is 9.56. The Labute approximate surface area is 126 Å². The number of fused-ring (bicyclic) bond motifs is 1. The summed E-state index contributed by atoms with van der Waals surface area (Å²) in [6, 6.07) is 10.8.